The van der Waals surface area contributed by atoms with E-state index in [0.29, 0.717) is 10.0 Å². The van der Waals surface area contributed by atoms with Crippen molar-refractivity contribution in [1.29, 1.82) is 0 Å². The number of carbonyl (C=O) groups excluding carboxylic acids is 1. The van der Waals surface area contributed by atoms with Crippen LogP contribution in [0.2, 0.25) is 5.15 Å². The average molecular weight is 313 g/mol. The minimum absolute atomic E-state index is 0.150. The number of anilines is 2. The fraction of sp³-hybridized carbons (Fsp3) is 0.231. The third-order valence-corrected chi connectivity index (χ3v) is 4.19. The number of ether oxygens (including phenoxy) is 2. The summed E-state index contributed by atoms with van der Waals surface area (Å²) in [5, 5.41) is 0.762. The fourth-order valence-corrected chi connectivity index (χ4v) is 2.75. The Kier molecular flexibility index (Phi) is 4.46. The van der Waals surface area contributed by atoms with Crippen LogP contribution in [0, 0.1) is 0 Å². The van der Waals surface area contributed by atoms with Crippen LogP contribution in [-0.4, -0.2) is 32.2 Å². The van der Waals surface area contributed by atoms with E-state index in [1.54, 1.807) is 7.11 Å². The SMILES string of the molecule is COC(=O)c1sc(N(C)c2ccc(OC)cc2)nc1Cl. The standard InChI is InChI=1S/C13H13ClN2O3S/c1-16(8-4-6-9(18-2)7-5-8)13-15-11(14)10(20-13)12(17)19-3/h4-7H,1-3H3. The number of hydrogen-bond acceptors (Lipinski definition) is 6. The molecule has 2 rings (SSSR count). The first kappa shape index (κ1) is 14.6. The van der Waals surface area contributed by atoms with E-state index in [1.165, 1.54) is 18.4 Å². The highest BCUT2D eigenvalue weighted by molar-refractivity contribution is 7.18. The molecule has 0 aliphatic heterocycles. The van der Waals surface area contributed by atoms with Crippen LogP contribution in [0.3, 0.4) is 0 Å². The van der Waals surface area contributed by atoms with Crippen molar-refractivity contribution in [2.45, 2.75) is 0 Å². The molecule has 0 spiro atoms. The second-order valence-corrected chi connectivity index (χ2v) is 5.20. The highest BCUT2D eigenvalue weighted by Crippen LogP contribution is 2.33. The van der Waals surface area contributed by atoms with Crippen molar-refractivity contribution in [3.63, 3.8) is 0 Å². The zero-order chi connectivity index (χ0) is 14.7. The number of hydrogen-bond donors (Lipinski definition) is 0. The Bertz CT molecular complexity index is 613. The van der Waals surface area contributed by atoms with Gasteiger partial charge in [0.15, 0.2) is 15.2 Å². The second-order valence-electron chi connectivity index (χ2n) is 3.86. The molecule has 1 aromatic heterocycles. The molecule has 0 atom stereocenters. The van der Waals surface area contributed by atoms with Crippen LogP contribution in [-0.2, 0) is 4.74 Å². The summed E-state index contributed by atoms with van der Waals surface area (Å²) in [5.41, 5.74) is 0.910. The summed E-state index contributed by atoms with van der Waals surface area (Å²) >= 11 is 7.13. The molecule has 106 valence electrons. The lowest BCUT2D eigenvalue weighted by atomic mass is 10.3. The van der Waals surface area contributed by atoms with Crippen molar-refractivity contribution < 1.29 is 14.3 Å². The van der Waals surface area contributed by atoms with Crippen LogP contribution in [0.5, 0.6) is 5.75 Å². The summed E-state index contributed by atoms with van der Waals surface area (Å²) in [7, 11) is 4.77. The van der Waals surface area contributed by atoms with E-state index in [-0.39, 0.29) is 5.15 Å². The molecular formula is C13H13ClN2O3S. The molecule has 0 unspecified atom stereocenters. The van der Waals surface area contributed by atoms with E-state index in [9.17, 15) is 4.79 Å². The second kappa shape index (κ2) is 6.11. The third-order valence-electron chi connectivity index (χ3n) is 2.69. The molecule has 2 aromatic rings. The summed E-state index contributed by atoms with van der Waals surface area (Å²) < 4.78 is 9.77. The topological polar surface area (TPSA) is 51.7 Å². The van der Waals surface area contributed by atoms with Crippen LogP contribution >= 0.6 is 22.9 Å². The molecule has 7 heteroatoms. The smallest absolute Gasteiger partial charge is 0.351 e. The number of benzene rings is 1. The highest BCUT2D eigenvalue weighted by Gasteiger charge is 2.19. The summed E-state index contributed by atoms with van der Waals surface area (Å²) in [6.45, 7) is 0. The van der Waals surface area contributed by atoms with Crippen LogP contribution in [0.4, 0.5) is 10.8 Å². The van der Waals surface area contributed by atoms with E-state index < -0.39 is 5.97 Å². The van der Waals surface area contributed by atoms with E-state index in [2.05, 4.69) is 9.72 Å². The molecule has 0 radical (unpaired) electrons. The summed E-state index contributed by atoms with van der Waals surface area (Å²) in [6, 6.07) is 7.49. The Morgan fingerprint density at radius 1 is 1.30 bits per heavy atom. The van der Waals surface area contributed by atoms with E-state index in [4.69, 9.17) is 16.3 Å². The van der Waals surface area contributed by atoms with Gasteiger partial charge in [0.2, 0.25) is 0 Å². The Balaban J connectivity index is 2.28. The molecule has 0 amide bonds. The minimum Gasteiger partial charge on any atom is -0.497 e. The molecule has 0 saturated carbocycles. The van der Waals surface area contributed by atoms with Gasteiger partial charge in [0.1, 0.15) is 5.75 Å². The van der Waals surface area contributed by atoms with Crippen LogP contribution in [0.1, 0.15) is 9.67 Å². The van der Waals surface area contributed by atoms with Crippen molar-refractivity contribution in [3.8, 4) is 5.75 Å². The Morgan fingerprint density at radius 3 is 2.50 bits per heavy atom. The Hall–Kier alpha value is -1.79. The van der Waals surface area contributed by atoms with Crippen molar-refractivity contribution in [2.75, 3.05) is 26.2 Å². The van der Waals surface area contributed by atoms with Crippen molar-refractivity contribution in [2.24, 2.45) is 0 Å². The highest BCUT2D eigenvalue weighted by atomic mass is 35.5. The van der Waals surface area contributed by atoms with Crippen molar-refractivity contribution in [3.05, 3.63) is 34.3 Å². The molecule has 0 aliphatic carbocycles. The van der Waals surface area contributed by atoms with Gasteiger partial charge in [-0.05, 0) is 24.3 Å². The number of esters is 1. The van der Waals surface area contributed by atoms with Gasteiger partial charge in [0.25, 0.3) is 0 Å². The van der Waals surface area contributed by atoms with Crippen LogP contribution < -0.4 is 9.64 Å². The van der Waals surface area contributed by atoms with Gasteiger partial charge in [0.05, 0.1) is 14.2 Å². The quantitative estimate of drug-likeness (QED) is 0.810. The number of thiazole rings is 1. The number of methoxy groups -OCH3 is 2. The molecule has 1 heterocycles. The lowest BCUT2D eigenvalue weighted by Crippen LogP contribution is -2.08. The lowest BCUT2D eigenvalue weighted by Gasteiger charge is -2.15. The van der Waals surface area contributed by atoms with Gasteiger partial charge in [-0.3, -0.25) is 0 Å². The van der Waals surface area contributed by atoms with Gasteiger partial charge in [-0.1, -0.05) is 22.9 Å². The van der Waals surface area contributed by atoms with E-state index in [0.717, 1.165) is 11.4 Å². The van der Waals surface area contributed by atoms with Crippen LogP contribution in [0.25, 0.3) is 0 Å². The predicted molar refractivity (Wildman–Crippen MR) is 79.5 cm³/mol. The van der Waals surface area contributed by atoms with Gasteiger partial charge in [0, 0.05) is 12.7 Å². The Morgan fingerprint density at radius 2 is 1.95 bits per heavy atom. The normalized spacial score (nSPS) is 10.2. The molecule has 0 N–H and O–H groups in total. The molecule has 5 nitrogen and oxygen atoms in total. The van der Waals surface area contributed by atoms with Gasteiger partial charge >= 0.3 is 5.97 Å². The minimum atomic E-state index is -0.484. The lowest BCUT2D eigenvalue weighted by molar-refractivity contribution is 0.0606. The van der Waals surface area contributed by atoms with Crippen molar-refractivity contribution >= 4 is 39.7 Å². The summed E-state index contributed by atoms with van der Waals surface area (Å²) in [5.74, 6) is 0.288. The number of aromatic nitrogens is 1. The van der Waals surface area contributed by atoms with E-state index in [1.807, 2.05) is 36.2 Å². The first-order valence-corrected chi connectivity index (χ1v) is 6.88. The number of carbonyl (C=O) groups is 1. The first-order chi connectivity index (χ1) is 9.56. The number of halogens is 1. The first-order valence-electron chi connectivity index (χ1n) is 5.69. The van der Waals surface area contributed by atoms with Gasteiger partial charge < -0.3 is 14.4 Å². The summed E-state index contributed by atoms with van der Waals surface area (Å²) in [6.07, 6.45) is 0. The Labute approximate surface area is 125 Å². The fourth-order valence-electron chi connectivity index (χ4n) is 1.57. The summed E-state index contributed by atoms with van der Waals surface area (Å²) in [4.78, 5) is 17.8. The number of rotatable bonds is 4. The maximum Gasteiger partial charge on any atom is 0.351 e. The number of nitrogens with zero attached hydrogens (tertiary/aromatic N) is 2. The monoisotopic (exact) mass is 312 g/mol. The molecule has 0 fully saturated rings. The molecule has 0 bridgehead atoms. The molecule has 0 aliphatic rings. The maximum atomic E-state index is 11.5. The maximum absolute atomic E-state index is 11.5. The zero-order valence-electron chi connectivity index (χ0n) is 11.2. The third kappa shape index (κ3) is 2.86. The van der Waals surface area contributed by atoms with E-state index >= 15 is 0 Å². The average Bonchev–Trinajstić information content (AvgIpc) is 2.87. The predicted octanol–water partition coefficient (Wildman–Crippen LogP) is 3.36. The molecule has 20 heavy (non-hydrogen) atoms. The van der Waals surface area contributed by atoms with Gasteiger partial charge in [-0.2, -0.15) is 0 Å². The van der Waals surface area contributed by atoms with Crippen molar-refractivity contribution in [1.82, 2.24) is 4.98 Å². The molecule has 1 aromatic carbocycles. The largest absolute Gasteiger partial charge is 0.497 e. The van der Waals surface area contributed by atoms with Gasteiger partial charge in [-0.25, -0.2) is 9.78 Å². The molecule has 0 saturated heterocycles. The zero-order valence-corrected chi connectivity index (χ0v) is 12.8. The molecular weight excluding hydrogens is 300 g/mol. The van der Waals surface area contributed by atoms with Crippen LogP contribution in [0.15, 0.2) is 24.3 Å². The van der Waals surface area contributed by atoms with Gasteiger partial charge in [-0.15, -0.1) is 0 Å².